The number of alkyl halides is 1. The highest BCUT2D eigenvalue weighted by atomic mass is 35.5. The van der Waals surface area contributed by atoms with Crippen molar-refractivity contribution < 1.29 is 15.0 Å². The largest absolute Gasteiger partial charge is 0.478 e. The van der Waals surface area contributed by atoms with Crippen LogP contribution in [0.15, 0.2) is 0 Å². The van der Waals surface area contributed by atoms with Crippen LogP contribution < -0.4 is 0 Å². The third-order valence-corrected chi connectivity index (χ3v) is 4.04. The van der Waals surface area contributed by atoms with Crippen LogP contribution in [0.5, 0.6) is 0 Å². The monoisotopic (exact) mass is 306 g/mol. The maximum atomic E-state index is 10.6. The second-order valence-electron chi connectivity index (χ2n) is 5.70. The van der Waals surface area contributed by atoms with Gasteiger partial charge in [-0.15, -0.1) is 0 Å². The smallest absolute Gasteiger partial charge is 0.351 e. The van der Waals surface area contributed by atoms with E-state index in [1.807, 2.05) is 0 Å². The Balaban J connectivity index is 3.19. The van der Waals surface area contributed by atoms with Gasteiger partial charge in [0.05, 0.1) is 0 Å². The van der Waals surface area contributed by atoms with Crippen molar-refractivity contribution in [3.8, 4) is 0 Å². The van der Waals surface area contributed by atoms with Gasteiger partial charge in [0.25, 0.3) is 0 Å². The summed E-state index contributed by atoms with van der Waals surface area (Å²) in [6, 6.07) is 0. The zero-order valence-electron chi connectivity index (χ0n) is 12.9. The molecule has 120 valence electrons. The predicted octanol–water partition coefficient (Wildman–Crippen LogP) is 5.09. The van der Waals surface area contributed by atoms with Crippen molar-refractivity contribution in [3.63, 3.8) is 0 Å². The number of carboxylic acids is 1. The van der Waals surface area contributed by atoms with Gasteiger partial charge in [-0.2, -0.15) is 0 Å². The maximum absolute atomic E-state index is 10.6. The summed E-state index contributed by atoms with van der Waals surface area (Å²) < 4.78 is 0. The number of hydrogen-bond acceptors (Lipinski definition) is 2. The van der Waals surface area contributed by atoms with E-state index in [1.54, 1.807) is 0 Å². The van der Waals surface area contributed by atoms with Crippen molar-refractivity contribution in [2.45, 2.75) is 95.5 Å². The number of rotatable bonds is 14. The molecule has 0 aliphatic carbocycles. The summed E-state index contributed by atoms with van der Waals surface area (Å²) in [7, 11) is 0. The van der Waals surface area contributed by atoms with E-state index in [0.29, 0.717) is 6.42 Å². The molecule has 0 aromatic rings. The van der Waals surface area contributed by atoms with Gasteiger partial charge in [0.2, 0.25) is 5.06 Å². The first kappa shape index (κ1) is 19.7. The Labute approximate surface area is 128 Å². The van der Waals surface area contributed by atoms with Gasteiger partial charge in [-0.05, 0) is 6.42 Å². The van der Waals surface area contributed by atoms with Crippen LogP contribution >= 0.6 is 11.6 Å². The third kappa shape index (κ3) is 11.5. The number of hydrogen-bond donors (Lipinski definition) is 2. The highest BCUT2D eigenvalue weighted by molar-refractivity contribution is 6.32. The molecule has 20 heavy (non-hydrogen) atoms. The minimum atomic E-state index is -2.07. The van der Waals surface area contributed by atoms with Crippen LogP contribution in [0.1, 0.15) is 90.4 Å². The van der Waals surface area contributed by atoms with E-state index in [4.69, 9.17) is 16.7 Å². The lowest BCUT2D eigenvalue weighted by molar-refractivity contribution is -0.150. The third-order valence-electron chi connectivity index (χ3n) is 3.69. The van der Waals surface area contributed by atoms with E-state index in [-0.39, 0.29) is 6.42 Å². The average Bonchev–Trinajstić information content (AvgIpc) is 2.39. The van der Waals surface area contributed by atoms with Crippen LogP contribution in [0.4, 0.5) is 0 Å². The highest BCUT2D eigenvalue weighted by Crippen LogP contribution is 2.21. The fourth-order valence-electron chi connectivity index (χ4n) is 2.31. The van der Waals surface area contributed by atoms with Crippen LogP contribution in [0.2, 0.25) is 0 Å². The highest BCUT2D eigenvalue weighted by Gasteiger charge is 2.31. The summed E-state index contributed by atoms with van der Waals surface area (Å²) in [5.41, 5.74) is 0. The Kier molecular flexibility index (Phi) is 12.3. The first-order valence-corrected chi connectivity index (χ1v) is 8.53. The minimum Gasteiger partial charge on any atom is -0.478 e. The summed E-state index contributed by atoms with van der Waals surface area (Å²) in [6.45, 7) is 2.24. The fourth-order valence-corrected chi connectivity index (χ4v) is 2.44. The zero-order valence-corrected chi connectivity index (χ0v) is 13.6. The van der Waals surface area contributed by atoms with Crippen molar-refractivity contribution in [1.29, 1.82) is 0 Å². The van der Waals surface area contributed by atoms with E-state index < -0.39 is 11.0 Å². The lowest BCUT2D eigenvalue weighted by Crippen LogP contribution is -2.31. The molecule has 1 unspecified atom stereocenters. The molecule has 0 fully saturated rings. The molecular weight excluding hydrogens is 276 g/mol. The van der Waals surface area contributed by atoms with Crippen LogP contribution in [0.25, 0.3) is 0 Å². The lowest BCUT2D eigenvalue weighted by Gasteiger charge is -2.14. The van der Waals surface area contributed by atoms with Crippen LogP contribution in [0, 0.1) is 0 Å². The summed E-state index contributed by atoms with van der Waals surface area (Å²) in [5.74, 6) is -1.35. The second-order valence-corrected chi connectivity index (χ2v) is 6.33. The number of carbonyl (C=O) groups is 1. The minimum absolute atomic E-state index is 0.126. The molecule has 0 amide bonds. The maximum Gasteiger partial charge on any atom is 0.351 e. The fraction of sp³-hybridized carbons (Fsp3) is 0.938. The molecule has 0 saturated heterocycles. The van der Waals surface area contributed by atoms with Gasteiger partial charge in [0.1, 0.15) is 0 Å². The first-order valence-electron chi connectivity index (χ1n) is 8.15. The lowest BCUT2D eigenvalue weighted by atomic mass is 10.0. The predicted molar refractivity (Wildman–Crippen MR) is 84.1 cm³/mol. The summed E-state index contributed by atoms with van der Waals surface area (Å²) in [4.78, 5) is 10.6. The van der Waals surface area contributed by atoms with Gasteiger partial charge in [-0.25, -0.2) is 4.79 Å². The molecule has 1 atom stereocenters. The number of aliphatic carboxylic acids is 1. The molecule has 3 nitrogen and oxygen atoms in total. The zero-order chi connectivity index (χ0) is 15.3. The van der Waals surface area contributed by atoms with Gasteiger partial charge >= 0.3 is 5.97 Å². The summed E-state index contributed by atoms with van der Waals surface area (Å²) >= 11 is 5.46. The molecule has 0 spiro atoms. The van der Waals surface area contributed by atoms with Crippen LogP contribution in [0.3, 0.4) is 0 Å². The standard InChI is InChI=1S/C16H31ClO3/c1-2-3-4-5-6-7-8-9-10-11-12-13-14-16(17,20)15(18)19/h20H,2-14H2,1H3,(H,18,19). The van der Waals surface area contributed by atoms with E-state index in [9.17, 15) is 9.90 Å². The molecule has 0 aliphatic heterocycles. The molecule has 0 aromatic carbocycles. The molecule has 0 bridgehead atoms. The van der Waals surface area contributed by atoms with Crippen molar-refractivity contribution in [2.24, 2.45) is 0 Å². The molecule has 2 N–H and O–H groups in total. The van der Waals surface area contributed by atoms with Crippen molar-refractivity contribution in [3.05, 3.63) is 0 Å². The Bertz CT molecular complexity index is 242. The summed E-state index contributed by atoms with van der Waals surface area (Å²) in [5, 5.41) is 15.9. The van der Waals surface area contributed by atoms with Gasteiger partial charge in [-0.1, -0.05) is 89.2 Å². The quantitative estimate of drug-likeness (QED) is 0.347. The Morgan fingerprint density at radius 1 is 0.850 bits per heavy atom. The SMILES string of the molecule is CCCCCCCCCCCCCCC(O)(Cl)C(=O)O. The number of carboxylic acid groups (broad SMARTS) is 1. The van der Waals surface area contributed by atoms with E-state index in [2.05, 4.69) is 6.92 Å². The van der Waals surface area contributed by atoms with Gasteiger partial charge in [-0.3, -0.25) is 0 Å². The van der Waals surface area contributed by atoms with E-state index >= 15 is 0 Å². The van der Waals surface area contributed by atoms with Crippen LogP contribution in [-0.2, 0) is 4.79 Å². The molecule has 0 aromatic heterocycles. The topological polar surface area (TPSA) is 57.5 Å². The van der Waals surface area contributed by atoms with Crippen LogP contribution in [-0.4, -0.2) is 21.2 Å². The van der Waals surface area contributed by atoms with Crippen molar-refractivity contribution in [2.75, 3.05) is 0 Å². The number of unbranched alkanes of at least 4 members (excludes halogenated alkanes) is 11. The molecule has 0 aliphatic rings. The molecule has 0 saturated carbocycles. The van der Waals surface area contributed by atoms with Gasteiger partial charge in [0.15, 0.2) is 0 Å². The normalized spacial score (nSPS) is 14.2. The van der Waals surface area contributed by atoms with Crippen molar-refractivity contribution in [1.82, 2.24) is 0 Å². The first-order chi connectivity index (χ1) is 9.50. The van der Waals surface area contributed by atoms with Gasteiger partial charge < -0.3 is 10.2 Å². The average molecular weight is 307 g/mol. The molecular formula is C16H31ClO3. The molecule has 0 rings (SSSR count). The number of aliphatic hydroxyl groups is 1. The van der Waals surface area contributed by atoms with E-state index in [1.165, 1.54) is 57.8 Å². The second kappa shape index (κ2) is 12.5. The molecule has 0 heterocycles. The number of halogens is 1. The van der Waals surface area contributed by atoms with Crippen molar-refractivity contribution >= 4 is 17.6 Å². The van der Waals surface area contributed by atoms with E-state index in [0.717, 1.165) is 12.8 Å². The Morgan fingerprint density at radius 2 is 1.20 bits per heavy atom. The van der Waals surface area contributed by atoms with Gasteiger partial charge in [0, 0.05) is 6.42 Å². The Morgan fingerprint density at radius 3 is 1.55 bits per heavy atom. The summed E-state index contributed by atoms with van der Waals surface area (Å²) in [6.07, 6.45) is 14.7. The molecule has 4 heteroatoms. The molecule has 0 radical (unpaired) electrons. The Hall–Kier alpha value is -0.280.